The van der Waals surface area contributed by atoms with Crippen molar-refractivity contribution in [3.05, 3.63) is 144 Å². The molecule has 502 valence electrons. The summed E-state index contributed by atoms with van der Waals surface area (Å²) in [4.78, 5) is 75.3. The van der Waals surface area contributed by atoms with Crippen molar-refractivity contribution < 1.29 is 89.7 Å². The van der Waals surface area contributed by atoms with E-state index in [-0.39, 0.29) is 88.5 Å². The molecule has 1 unspecified atom stereocenters. The molecule has 6 aromatic rings. The van der Waals surface area contributed by atoms with E-state index >= 15 is 4.39 Å². The van der Waals surface area contributed by atoms with Gasteiger partial charge < -0.3 is 72.0 Å². The Bertz CT molecular complexity index is 3300. The molecule has 0 aliphatic carbocycles. The topological polar surface area (TPSA) is 276 Å². The fraction of sp³-hybridized carbons (Fsp3) is 0.485. The Morgan fingerprint density at radius 1 is 0.645 bits per heavy atom. The molecule has 0 radical (unpaired) electrons. The van der Waals surface area contributed by atoms with Crippen LogP contribution in [0.2, 0.25) is 0 Å². The third kappa shape index (κ3) is 18.6. The summed E-state index contributed by atoms with van der Waals surface area (Å²) in [6.07, 6.45) is -7.26. The van der Waals surface area contributed by atoms with E-state index in [0.717, 1.165) is 30.5 Å². The highest BCUT2D eigenvalue weighted by molar-refractivity contribution is 7.50. The molecule has 2 fully saturated rings. The van der Waals surface area contributed by atoms with Crippen LogP contribution in [-0.4, -0.2) is 195 Å². The zero-order valence-corrected chi connectivity index (χ0v) is 54.8. The maximum Gasteiger partial charge on any atom is 0.303 e. The molecule has 0 bridgehead atoms. The number of hydrogen-bond donors (Lipinski definition) is 2. The number of rotatable bonds is 34. The molecule has 10 atom stereocenters. The first-order valence-corrected chi connectivity index (χ1v) is 32.0. The van der Waals surface area contributed by atoms with Crippen LogP contribution in [0.3, 0.4) is 0 Å². The van der Waals surface area contributed by atoms with Gasteiger partial charge in [-0.25, -0.2) is 19.3 Å². The predicted molar refractivity (Wildman–Crippen MR) is 338 cm³/mol. The Morgan fingerprint density at radius 3 is 1.75 bits per heavy atom. The normalized spacial score (nSPS) is 20.9. The fourth-order valence-corrected chi connectivity index (χ4v) is 13.5. The van der Waals surface area contributed by atoms with Crippen molar-refractivity contribution >= 4 is 55.0 Å². The molecule has 93 heavy (non-hydrogen) atoms. The van der Waals surface area contributed by atoms with Crippen LogP contribution in [0.15, 0.2) is 122 Å². The van der Waals surface area contributed by atoms with Gasteiger partial charge in [0, 0.05) is 51.5 Å². The average Bonchev–Trinajstić information content (AvgIpc) is 1.74. The highest BCUT2D eigenvalue weighted by atomic mass is 31.2. The summed E-state index contributed by atoms with van der Waals surface area (Å²) in [5.74, 6) is -1.59. The molecule has 0 spiro atoms. The molecule has 4 heterocycles. The van der Waals surface area contributed by atoms with Gasteiger partial charge in [-0.15, -0.1) is 0 Å². The van der Waals surface area contributed by atoms with Crippen molar-refractivity contribution in [3.8, 4) is 11.5 Å². The molecule has 25 nitrogen and oxygen atoms in total. The monoisotopic (exact) mass is 1310 g/mol. The average molecular weight is 1310 g/mol. The van der Waals surface area contributed by atoms with Crippen LogP contribution < -0.4 is 20.1 Å². The number of imidazole rings is 1. The first-order valence-electron chi connectivity index (χ1n) is 30.6. The predicted octanol–water partition coefficient (Wildman–Crippen LogP) is 7.88. The van der Waals surface area contributed by atoms with E-state index < -0.39 is 98.9 Å². The fourth-order valence-electron chi connectivity index (χ4n) is 11.2. The van der Waals surface area contributed by atoms with Gasteiger partial charge in [-0.3, -0.25) is 33.2 Å². The Kier molecular flexibility index (Phi) is 26.4. The number of alkyl halides is 1. The van der Waals surface area contributed by atoms with Gasteiger partial charge in [0.25, 0.3) is 5.91 Å². The van der Waals surface area contributed by atoms with E-state index in [1.165, 1.54) is 31.1 Å². The number of ether oxygens (including phenoxy) is 12. The summed E-state index contributed by atoms with van der Waals surface area (Å²) >= 11 is 0. The van der Waals surface area contributed by atoms with E-state index in [1.807, 2.05) is 84.9 Å². The molecule has 2 aliphatic rings. The number of nitrogens with one attached hydrogen (secondary N) is 2. The SMILES string of the molecule is COc1ccc(C(OC[C@H]2O[C@@H](n3cnc4c(NC(=O)c5ccccc5)ncnc43)[C@H](F)[C@@H]2OP(CCOCCOCCOCCO[C@@H]2O[C@H](COC(C)=O)[C@H](OC(C)=O)[C@H](OC(C)=O)[C@H]2NC(C)=O)N(C(C)C)C(C)C)(c2ccccc2)c2ccc(OC)cc2)cc1. The van der Waals surface area contributed by atoms with Gasteiger partial charge in [0.2, 0.25) is 5.91 Å². The number of methoxy groups -OCH3 is 2. The quantitative estimate of drug-likeness (QED) is 0.0128. The largest absolute Gasteiger partial charge is 0.497 e. The van der Waals surface area contributed by atoms with Crippen LogP contribution in [0.4, 0.5) is 10.2 Å². The second kappa shape index (κ2) is 34.5. The van der Waals surface area contributed by atoms with Crippen molar-refractivity contribution in [2.24, 2.45) is 0 Å². The number of halogens is 1. The molecule has 4 aromatic carbocycles. The van der Waals surface area contributed by atoms with Gasteiger partial charge in [0.05, 0.1) is 73.4 Å². The Balaban J connectivity index is 0.962. The van der Waals surface area contributed by atoms with E-state index in [9.17, 15) is 24.0 Å². The summed E-state index contributed by atoms with van der Waals surface area (Å²) in [5.41, 5.74) is 1.84. The minimum Gasteiger partial charge on any atom is -0.497 e. The maximum atomic E-state index is 18.2. The van der Waals surface area contributed by atoms with Crippen LogP contribution in [-0.2, 0) is 76.7 Å². The number of nitrogens with zero attached hydrogens (tertiary/aromatic N) is 5. The second-order valence-corrected chi connectivity index (χ2v) is 24.2. The van der Waals surface area contributed by atoms with Crippen molar-refractivity contribution in [1.29, 1.82) is 0 Å². The standard InChI is InChI=1S/C66H83FN7O18P/c1-41(2)74(42(3)4)93(36-35-84-32-31-82-29-30-83-33-34-85-65-56(71-43(5)75)60(89-46(8)78)59(88-45(7)77)53(91-65)37-86-44(6)76)92-58-54(90-64(55(58)67)73-40-70-57-61(68-39-69-62(57)73)72-63(79)47-17-13-11-14-18-47)38-87-66(48-19-15-12-16-20-48,49-21-25-51(80-9)26-22-49)50-23-27-52(81-10)28-24-50/h11-28,39-42,53-56,58-60,64-65H,29-38H2,1-10H3,(H,71,75)(H,68,69,72,79)/t53-,54-,55-,56-,58-,59+,60-,64-,65-,93?/m1/s1. The summed E-state index contributed by atoms with van der Waals surface area (Å²) in [6, 6.07) is 32.4. The molecule has 0 saturated carbocycles. The van der Waals surface area contributed by atoms with Crippen molar-refractivity contribution in [2.45, 2.75) is 128 Å². The van der Waals surface area contributed by atoms with Gasteiger partial charge in [-0.05, 0) is 80.8 Å². The van der Waals surface area contributed by atoms with E-state index in [2.05, 4.69) is 58.0 Å². The summed E-state index contributed by atoms with van der Waals surface area (Å²) in [7, 11) is 1.58. The number of hydrogen-bond acceptors (Lipinski definition) is 22. The number of amides is 2. The number of carbonyl (C=O) groups is 5. The molecule has 2 saturated heterocycles. The van der Waals surface area contributed by atoms with Gasteiger partial charge in [0.1, 0.15) is 62.7 Å². The Morgan fingerprint density at radius 2 is 1.19 bits per heavy atom. The van der Waals surface area contributed by atoms with Gasteiger partial charge in [0.15, 0.2) is 47.9 Å². The number of aromatic nitrogens is 4. The lowest BCUT2D eigenvalue weighted by Gasteiger charge is -2.44. The zero-order chi connectivity index (χ0) is 66.6. The first kappa shape index (κ1) is 71.2. The van der Waals surface area contributed by atoms with E-state index in [1.54, 1.807) is 38.5 Å². The number of benzene rings is 4. The molecule has 8 rings (SSSR count). The Labute approximate surface area is 541 Å². The molecular formula is C66H83FN7O18P. The van der Waals surface area contributed by atoms with Gasteiger partial charge in [-0.1, -0.05) is 72.8 Å². The van der Waals surface area contributed by atoms with Crippen LogP contribution in [0.1, 0.15) is 88.7 Å². The first-order chi connectivity index (χ1) is 44.8. The smallest absolute Gasteiger partial charge is 0.303 e. The lowest BCUT2D eigenvalue weighted by Crippen LogP contribution is -2.66. The minimum atomic E-state index is -1.83. The molecular weight excluding hydrogens is 1230 g/mol. The molecule has 2 amide bonds. The number of anilines is 1. The van der Waals surface area contributed by atoms with Crippen LogP contribution in [0.5, 0.6) is 11.5 Å². The number of fused-ring (bicyclic) bond motifs is 1. The Hall–Kier alpha value is -7.62. The maximum absolute atomic E-state index is 18.2. The third-order valence-electron chi connectivity index (χ3n) is 15.1. The molecule has 2 aliphatic heterocycles. The van der Waals surface area contributed by atoms with Crippen LogP contribution in [0, 0.1) is 0 Å². The summed E-state index contributed by atoms with van der Waals surface area (Å²) in [6.45, 7) is 13.5. The lowest BCUT2D eigenvalue weighted by atomic mass is 9.80. The molecule has 2 aromatic heterocycles. The zero-order valence-electron chi connectivity index (χ0n) is 53.9. The van der Waals surface area contributed by atoms with E-state index in [0.29, 0.717) is 23.2 Å². The molecule has 27 heteroatoms. The number of esters is 3. The van der Waals surface area contributed by atoms with Gasteiger partial charge in [-0.2, -0.15) is 0 Å². The van der Waals surface area contributed by atoms with Gasteiger partial charge >= 0.3 is 17.9 Å². The highest BCUT2D eigenvalue weighted by Gasteiger charge is 2.53. The van der Waals surface area contributed by atoms with Crippen LogP contribution >= 0.6 is 8.30 Å². The minimum absolute atomic E-state index is 0.0409. The molecule has 2 N–H and O–H groups in total. The number of carbonyl (C=O) groups excluding carboxylic acids is 5. The lowest BCUT2D eigenvalue weighted by molar-refractivity contribution is -0.279. The second-order valence-electron chi connectivity index (χ2n) is 22.3. The highest BCUT2D eigenvalue weighted by Crippen LogP contribution is 2.51. The van der Waals surface area contributed by atoms with Crippen molar-refractivity contribution in [2.75, 3.05) is 85.2 Å². The van der Waals surface area contributed by atoms with Crippen molar-refractivity contribution in [1.82, 2.24) is 29.5 Å². The van der Waals surface area contributed by atoms with E-state index in [4.69, 9.17) is 61.4 Å². The summed E-state index contributed by atoms with van der Waals surface area (Å²) in [5, 5.41) is 5.50. The summed E-state index contributed by atoms with van der Waals surface area (Å²) < 4.78 is 101. The third-order valence-corrected chi connectivity index (χ3v) is 17.6. The van der Waals surface area contributed by atoms with Crippen molar-refractivity contribution in [3.63, 3.8) is 0 Å². The van der Waals surface area contributed by atoms with Crippen LogP contribution in [0.25, 0.3) is 11.2 Å².